The summed E-state index contributed by atoms with van der Waals surface area (Å²) < 4.78 is 10.5. The first-order valence-electron chi connectivity index (χ1n) is 10.8. The summed E-state index contributed by atoms with van der Waals surface area (Å²) >= 11 is 0. The molecule has 0 spiro atoms. The number of ether oxygens (including phenoxy) is 1. The van der Waals surface area contributed by atoms with Crippen molar-refractivity contribution in [2.45, 2.75) is 58.4 Å². The molecule has 0 saturated carbocycles. The fourth-order valence-electron chi connectivity index (χ4n) is 3.31. The summed E-state index contributed by atoms with van der Waals surface area (Å²) in [7, 11) is 1.66. The largest absolute Gasteiger partial charge is 0.497 e. The monoisotopic (exact) mass is 421 g/mol. The van der Waals surface area contributed by atoms with Crippen LogP contribution in [-0.4, -0.2) is 29.2 Å². The van der Waals surface area contributed by atoms with Crippen molar-refractivity contribution in [1.29, 1.82) is 0 Å². The maximum absolute atomic E-state index is 12.3. The van der Waals surface area contributed by atoms with Crippen molar-refractivity contribution in [2.24, 2.45) is 0 Å². The van der Waals surface area contributed by atoms with Crippen LogP contribution in [0.3, 0.4) is 0 Å². The fourth-order valence-corrected chi connectivity index (χ4v) is 3.31. The van der Waals surface area contributed by atoms with Crippen molar-refractivity contribution >= 4 is 5.91 Å². The number of nitrogens with zero attached hydrogens (tertiary/aromatic N) is 2. The zero-order chi connectivity index (χ0) is 22.2. The van der Waals surface area contributed by atoms with E-state index in [-0.39, 0.29) is 11.9 Å². The van der Waals surface area contributed by atoms with Crippen molar-refractivity contribution in [2.75, 3.05) is 7.11 Å². The van der Waals surface area contributed by atoms with E-state index in [4.69, 9.17) is 9.26 Å². The molecule has 0 bridgehead atoms. The van der Waals surface area contributed by atoms with E-state index in [0.29, 0.717) is 30.5 Å². The van der Waals surface area contributed by atoms with E-state index in [1.165, 1.54) is 11.1 Å². The number of carbonyl (C=O) groups is 1. The third-order valence-electron chi connectivity index (χ3n) is 5.30. The van der Waals surface area contributed by atoms with Crippen LogP contribution in [0.15, 0.2) is 53.1 Å². The summed E-state index contributed by atoms with van der Waals surface area (Å²) in [5.74, 6) is 2.35. The van der Waals surface area contributed by atoms with E-state index in [0.717, 1.165) is 24.2 Å². The molecular formula is C25H31N3O3. The normalized spacial score (nSPS) is 12.0. The van der Waals surface area contributed by atoms with Gasteiger partial charge < -0.3 is 14.6 Å². The van der Waals surface area contributed by atoms with Gasteiger partial charge in [0.1, 0.15) is 5.75 Å². The summed E-state index contributed by atoms with van der Waals surface area (Å²) in [5.41, 5.74) is 3.41. The molecule has 164 valence electrons. The predicted molar refractivity (Wildman–Crippen MR) is 121 cm³/mol. The molecule has 6 nitrogen and oxygen atoms in total. The third kappa shape index (κ3) is 6.67. The highest BCUT2D eigenvalue weighted by atomic mass is 16.5. The Bertz CT molecular complexity index is 962. The first-order valence-corrected chi connectivity index (χ1v) is 10.8. The Morgan fingerprint density at radius 1 is 1.03 bits per heavy atom. The SMILES string of the molecule is COc1ccc(CCC(C)NC(=O)CCc2nc(-c3ccc(C(C)C)cc3)no2)cc1. The molecule has 0 aliphatic heterocycles. The molecular weight excluding hydrogens is 390 g/mol. The van der Waals surface area contributed by atoms with Gasteiger partial charge in [0.2, 0.25) is 17.6 Å². The number of carbonyl (C=O) groups excluding carboxylic acids is 1. The topological polar surface area (TPSA) is 77.2 Å². The van der Waals surface area contributed by atoms with Gasteiger partial charge in [-0.05, 0) is 48.9 Å². The van der Waals surface area contributed by atoms with E-state index in [1.54, 1.807) is 7.11 Å². The number of methoxy groups -OCH3 is 1. The van der Waals surface area contributed by atoms with Crippen LogP contribution in [0.2, 0.25) is 0 Å². The van der Waals surface area contributed by atoms with Gasteiger partial charge in [-0.2, -0.15) is 4.98 Å². The van der Waals surface area contributed by atoms with Crippen LogP contribution in [0, 0.1) is 0 Å². The van der Waals surface area contributed by atoms with Gasteiger partial charge in [0.25, 0.3) is 0 Å². The summed E-state index contributed by atoms with van der Waals surface area (Å²) in [6.45, 7) is 6.34. The van der Waals surface area contributed by atoms with Crippen molar-refractivity contribution in [3.63, 3.8) is 0 Å². The van der Waals surface area contributed by atoms with Crippen LogP contribution in [0.25, 0.3) is 11.4 Å². The predicted octanol–water partition coefficient (Wildman–Crippen LogP) is 4.94. The zero-order valence-electron chi connectivity index (χ0n) is 18.7. The van der Waals surface area contributed by atoms with Crippen LogP contribution < -0.4 is 10.1 Å². The molecule has 1 amide bonds. The van der Waals surface area contributed by atoms with Gasteiger partial charge in [-0.15, -0.1) is 0 Å². The average molecular weight is 422 g/mol. The van der Waals surface area contributed by atoms with Crippen LogP contribution in [0.4, 0.5) is 0 Å². The van der Waals surface area contributed by atoms with Crippen molar-refractivity contribution in [3.8, 4) is 17.1 Å². The number of hydrogen-bond donors (Lipinski definition) is 1. The standard InChI is InChI=1S/C25H31N3O3/c1-17(2)20-9-11-21(12-10-20)25-27-24(31-28-25)16-15-23(29)26-18(3)5-6-19-7-13-22(30-4)14-8-19/h7-14,17-18H,5-6,15-16H2,1-4H3,(H,26,29). The molecule has 1 N–H and O–H groups in total. The molecule has 0 fully saturated rings. The number of benzene rings is 2. The van der Waals surface area contributed by atoms with E-state index < -0.39 is 0 Å². The number of amides is 1. The van der Waals surface area contributed by atoms with Gasteiger partial charge in [0.05, 0.1) is 7.11 Å². The van der Waals surface area contributed by atoms with Gasteiger partial charge in [0, 0.05) is 24.4 Å². The summed E-state index contributed by atoms with van der Waals surface area (Å²) in [6.07, 6.45) is 2.51. The Balaban J connectivity index is 1.42. The van der Waals surface area contributed by atoms with Crippen LogP contribution in [0.1, 0.15) is 56.5 Å². The lowest BCUT2D eigenvalue weighted by atomic mass is 10.0. The summed E-state index contributed by atoms with van der Waals surface area (Å²) in [6, 6.07) is 16.3. The summed E-state index contributed by atoms with van der Waals surface area (Å²) in [5, 5.41) is 7.09. The lowest BCUT2D eigenvalue weighted by Crippen LogP contribution is -2.33. The van der Waals surface area contributed by atoms with Crippen molar-refractivity contribution in [3.05, 3.63) is 65.5 Å². The van der Waals surface area contributed by atoms with Gasteiger partial charge in [-0.1, -0.05) is 55.4 Å². The van der Waals surface area contributed by atoms with Gasteiger partial charge in [-0.25, -0.2) is 0 Å². The minimum Gasteiger partial charge on any atom is -0.497 e. The molecule has 3 aromatic rings. The number of rotatable bonds is 10. The Morgan fingerprint density at radius 3 is 2.39 bits per heavy atom. The minimum atomic E-state index is -0.0109. The average Bonchev–Trinajstić information content (AvgIpc) is 3.26. The highest BCUT2D eigenvalue weighted by Gasteiger charge is 2.13. The van der Waals surface area contributed by atoms with E-state index in [2.05, 4.69) is 53.6 Å². The molecule has 1 unspecified atom stereocenters. The van der Waals surface area contributed by atoms with Crippen molar-refractivity contribution in [1.82, 2.24) is 15.5 Å². The number of aryl methyl sites for hydroxylation is 2. The summed E-state index contributed by atoms with van der Waals surface area (Å²) in [4.78, 5) is 16.7. The van der Waals surface area contributed by atoms with Crippen molar-refractivity contribution < 1.29 is 14.1 Å². The maximum atomic E-state index is 12.3. The van der Waals surface area contributed by atoms with E-state index in [9.17, 15) is 4.79 Å². The molecule has 1 heterocycles. The number of aromatic nitrogens is 2. The molecule has 3 rings (SSSR count). The first-order chi connectivity index (χ1) is 14.9. The molecule has 31 heavy (non-hydrogen) atoms. The molecule has 1 aromatic heterocycles. The zero-order valence-corrected chi connectivity index (χ0v) is 18.7. The van der Waals surface area contributed by atoms with E-state index >= 15 is 0 Å². The Kier molecular flexibility index (Phi) is 7.82. The Morgan fingerprint density at radius 2 is 1.74 bits per heavy atom. The molecule has 1 atom stereocenters. The lowest BCUT2D eigenvalue weighted by molar-refractivity contribution is -0.121. The first kappa shape index (κ1) is 22.5. The number of hydrogen-bond acceptors (Lipinski definition) is 5. The van der Waals surface area contributed by atoms with Crippen LogP contribution >= 0.6 is 0 Å². The fraction of sp³-hybridized carbons (Fsp3) is 0.400. The highest BCUT2D eigenvalue weighted by Crippen LogP contribution is 2.21. The van der Waals surface area contributed by atoms with Gasteiger partial charge >= 0.3 is 0 Å². The van der Waals surface area contributed by atoms with Gasteiger partial charge in [0.15, 0.2) is 0 Å². The quantitative estimate of drug-likeness (QED) is 0.502. The van der Waals surface area contributed by atoms with Crippen LogP contribution in [0.5, 0.6) is 5.75 Å². The highest BCUT2D eigenvalue weighted by molar-refractivity contribution is 5.76. The van der Waals surface area contributed by atoms with Gasteiger partial charge in [-0.3, -0.25) is 4.79 Å². The molecule has 0 radical (unpaired) electrons. The lowest BCUT2D eigenvalue weighted by Gasteiger charge is -2.13. The molecule has 6 heteroatoms. The maximum Gasteiger partial charge on any atom is 0.227 e. The molecule has 2 aromatic carbocycles. The van der Waals surface area contributed by atoms with Crippen LogP contribution in [-0.2, 0) is 17.6 Å². The Hall–Kier alpha value is -3.15. The smallest absolute Gasteiger partial charge is 0.227 e. The second-order valence-corrected chi connectivity index (χ2v) is 8.14. The molecule has 0 aliphatic rings. The number of nitrogens with one attached hydrogen (secondary N) is 1. The Labute approximate surface area is 184 Å². The second-order valence-electron chi connectivity index (χ2n) is 8.14. The van der Waals surface area contributed by atoms with E-state index in [1.807, 2.05) is 31.2 Å². The molecule has 0 saturated heterocycles. The second kappa shape index (κ2) is 10.8. The third-order valence-corrected chi connectivity index (χ3v) is 5.30. The minimum absolute atomic E-state index is 0.0109. The molecule has 0 aliphatic carbocycles.